The molecule has 46 heavy (non-hydrogen) atoms. The van der Waals surface area contributed by atoms with E-state index in [-0.39, 0.29) is 0 Å². The highest BCUT2D eigenvalue weighted by Crippen LogP contribution is 2.42. The fourth-order valence-electron chi connectivity index (χ4n) is 5.91. The molecule has 0 saturated carbocycles. The molecule has 1 N–H and O–H groups in total. The Bertz CT molecular complexity index is 1660. The van der Waals surface area contributed by atoms with Crippen molar-refractivity contribution in [2.45, 2.75) is 46.7 Å². The number of benzene rings is 4. The minimum Gasteiger partial charge on any atom is -0.493 e. The van der Waals surface area contributed by atoms with Gasteiger partial charge in [-0.25, -0.2) is 4.79 Å². The molecule has 0 atom stereocenters. The van der Waals surface area contributed by atoms with Crippen molar-refractivity contribution in [3.05, 3.63) is 143 Å². The van der Waals surface area contributed by atoms with Crippen molar-refractivity contribution in [1.82, 2.24) is 4.98 Å². The van der Waals surface area contributed by atoms with Crippen LogP contribution >= 0.6 is 0 Å². The topological polar surface area (TPSA) is 65.9 Å². The minimum atomic E-state index is -0.943. The molecule has 0 unspecified atom stereocenters. The Balaban J connectivity index is 1.58. The van der Waals surface area contributed by atoms with Crippen molar-refractivity contribution in [3.63, 3.8) is 0 Å². The first-order valence-corrected chi connectivity index (χ1v) is 16.1. The molecule has 5 rings (SSSR count). The normalized spacial score (nSPS) is 10.8. The maximum absolute atomic E-state index is 12.8. The van der Waals surface area contributed by atoms with Crippen LogP contribution in [0.4, 0.5) is 11.4 Å². The zero-order valence-corrected chi connectivity index (χ0v) is 27.0. The predicted molar refractivity (Wildman–Crippen MR) is 188 cm³/mol. The van der Waals surface area contributed by atoms with E-state index in [2.05, 4.69) is 72.0 Å². The van der Waals surface area contributed by atoms with Crippen LogP contribution in [-0.2, 0) is 19.5 Å². The zero-order valence-electron chi connectivity index (χ0n) is 27.0. The number of hydrogen-bond donors (Lipinski definition) is 1. The Labute approximate surface area is 272 Å². The fraction of sp³-hybridized carbons (Fsp3) is 0.250. The van der Waals surface area contributed by atoms with E-state index in [1.165, 1.54) is 0 Å². The van der Waals surface area contributed by atoms with Crippen molar-refractivity contribution in [2.75, 3.05) is 29.5 Å². The summed E-state index contributed by atoms with van der Waals surface area (Å²) in [6.45, 7) is 9.99. The lowest BCUT2D eigenvalue weighted by Gasteiger charge is -2.28. The summed E-state index contributed by atoms with van der Waals surface area (Å²) in [5.41, 5.74) is 8.32. The molecular weight excluding hydrogens is 570 g/mol. The average Bonchev–Trinajstić information content (AvgIpc) is 3.09. The molecule has 0 aliphatic rings. The number of hydrogen-bond acceptors (Lipinski definition) is 5. The Morgan fingerprint density at radius 1 is 0.739 bits per heavy atom. The number of rotatable bonds is 15. The fourth-order valence-corrected chi connectivity index (χ4v) is 5.91. The summed E-state index contributed by atoms with van der Waals surface area (Å²) in [6, 6.07) is 34.7. The monoisotopic (exact) mass is 613 g/mol. The maximum atomic E-state index is 12.8. The van der Waals surface area contributed by atoms with Crippen LogP contribution in [0.5, 0.6) is 5.75 Å². The first-order chi connectivity index (χ1) is 22.5. The molecule has 5 aromatic rings. The van der Waals surface area contributed by atoms with Gasteiger partial charge in [-0.15, -0.1) is 0 Å². The van der Waals surface area contributed by atoms with Gasteiger partial charge in [0, 0.05) is 61.9 Å². The number of anilines is 2. The number of carbonyl (C=O) groups is 1. The number of aromatic carboxylic acids is 1. The van der Waals surface area contributed by atoms with Crippen molar-refractivity contribution in [2.24, 2.45) is 0 Å². The van der Waals surface area contributed by atoms with Crippen LogP contribution in [0.2, 0.25) is 0 Å². The lowest BCUT2D eigenvalue weighted by molar-refractivity contribution is 0.0696. The van der Waals surface area contributed by atoms with Gasteiger partial charge in [-0.3, -0.25) is 4.98 Å². The molecule has 1 aromatic heterocycles. The van der Waals surface area contributed by atoms with Crippen LogP contribution in [0.25, 0.3) is 11.1 Å². The van der Waals surface area contributed by atoms with Gasteiger partial charge in [0.15, 0.2) is 0 Å². The second-order valence-electron chi connectivity index (χ2n) is 11.4. The number of ether oxygens (including phenoxy) is 1. The molecule has 6 nitrogen and oxygen atoms in total. The third-order valence-corrected chi connectivity index (χ3v) is 8.24. The Morgan fingerprint density at radius 3 is 1.91 bits per heavy atom. The quantitative estimate of drug-likeness (QED) is 0.127. The highest BCUT2D eigenvalue weighted by Gasteiger charge is 2.22. The van der Waals surface area contributed by atoms with Crippen molar-refractivity contribution < 1.29 is 14.6 Å². The maximum Gasteiger partial charge on any atom is 0.336 e. The molecule has 6 heteroatoms. The van der Waals surface area contributed by atoms with Gasteiger partial charge in [-0.2, -0.15) is 0 Å². The predicted octanol–water partition coefficient (Wildman–Crippen LogP) is 8.88. The Hall–Kier alpha value is -5.10. The summed E-state index contributed by atoms with van der Waals surface area (Å²) in [6.07, 6.45) is 4.89. The van der Waals surface area contributed by atoms with E-state index in [9.17, 15) is 9.90 Å². The lowest BCUT2D eigenvalue weighted by atomic mass is 9.93. The van der Waals surface area contributed by atoms with E-state index in [4.69, 9.17) is 4.74 Å². The van der Waals surface area contributed by atoms with Gasteiger partial charge in [0.25, 0.3) is 0 Å². The van der Waals surface area contributed by atoms with E-state index < -0.39 is 5.97 Å². The van der Waals surface area contributed by atoms with Gasteiger partial charge in [0.05, 0.1) is 12.2 Å². The van der Waals surface area contributed by atoms with E-state index in [0.29, 0.717) is 31.7 Å². The standard InChI is InChI=1S/C40H43N3O3/c1-4-25-46-39-34(18-20-37(42(5-2)6-3)38(39)32-21-23-41-24-22-32)26-33-17-19-35(27-36(33)40(44)45)43(28-30-13-9-7-10-14-30)29-31-15-11-8-12-16-31/h7-24,27H,4-6,25-26,28-29H2,1-3H3,(H,44,45). The minimum absolute atomic E-state index is 0.295. The molecular formula is C40H43N3O3. The summed E-state index contributed by atoms with van der Waals surface area (Å²) < 4.78 is 6.52. The molecule has 0 aliphatic carbocycles. The SMILES string of the molecule is CCCOc1c(Cc2ccc(N(Cc3ccccc3)Cc3ccccc3)cc2C(=O)O)ccc(N(CC)CC)c1-c1ccncc1. The third-order valence-electron chi connectivity index (χ3n) is 8.24. The van der Waals surface area contributed by atoms with Crippen molar-refractivity contribution in [1.29, 1.82) is 0 Å². The van der Waals surface area contributed by atoms with Crippen molar-refractivity contribution >= 4 is 17.3 Å². The van der Waals surface area contributed by atoms with Crippen LogP contribution in [0, 0.1) is 0 Å². The van der Waals surface area contributed by atoms with Gasteiger partial charge >= 0.3 is 5.97 Å². The highest BCUT2D eigenvalue weighted by atomic mass is 16.5. The first-order valence-electron chi connectivity index (χ1n) is 16.1. The Morgan fingerprint density at radius 2 is 1.35 bits per heavy atom. The number of carboxylic acids is 1. The Kier molecular flexibility index (Phi) is 11.1. The van der Waals surface area contributed by atoms with Crippen LogP contribution < -0.4 is 14.5 Å². The highest BCUT2D eigenvalue weighted by molar-refractivity contribution is 5.91. The van der Waals surface area contributed by atoms with Crippen LogP contribution in [-0.4, -0.2) is 35.8 Å². The summed E-state index contributed by atoms with van der Waals surface area (Å²) in [5, 5.41) is 10.5. The summed E-state index contributed by atoms with van der Waals surface area (Å²) in [7, 11) is 0. The molecule has 4 aromatic carbocycles. The number of aromatic nitrogens is 1. The molecule has 0 fully saturated rings. The first kappa shape index (κ1) is 32.3. The summed E-state index contributed by atoms with van der Waals surface area (Å²) >= 11 is 0. The van der Waals surface area contributed by atoms with Gasteiger partial charge in [-0.1, -0.05) is 79.7 Å². The van der Waals surface area contributed by atoms with Gasteiger partial charge in [0.1, 0.15) is 5.75 Å². The van der Waals surface area contributed by atoms with Crippen LogP contribution in [0.3, 0.4) is 0 Å². The molecule has 0 saturated heterocycles. The van der Waals surface area contributed by atoms with E-state index in [1.807, 2.05) is 66.7 Å². The average molecular weight is 614 g/mol. The van der Waals surface area contributed by atoms with Gasteiger partial charge in [0.2, 0.25) is 0 Å². The molecule has 1 heterocycles. The second-order valence-corrected chi connectivity index (χ2v) is 11.4. The van der Waals surface area contributed by atoms with E-state index in [0.717, 1.165) is 70.0 Å². The lowest BCUT2D eigenvalue weighted by Crippen LogP contribution is -2.23. The summed E-state index contributed by atoms with van der Waals surface area (Å²) in [5.74, 6) is -0.144. The van der Waals surface area contributed by atoms with Crippen LogP contribution in [0.15, 0.2) is 116 Å². The van der Waals surface area contributed by atoms with Gasteiger partial charge in [-0.05, 0) is 78.4 Å². The van der Waals surface area contributed by atoms with Gasteiger partial charge < -0.3 is 19.6 Å². The smallest absolute Gasteiger partial charge is 0.336 e. The zero-order chi connectivity index (χ0) is 32.3. The third kappa shape index (κ3) is 7.75. The van der Waals surface area contributed by atoms with E-state index in [1.54, 1.807) is 12.4 Å². The largest absolute Gasteiger partial charge is 0.493 e. The number of carboxylic acid groups (broad SMARTS) is 1. The molecule has 0 radical (unpaired) electrons. The summed E-state index contributed by atoms with van der Waals surface area (Å²) in [4.78, 5) is 21.6. The molecule has 0 amide bonds. The number of pyridine rings is 1. The van der Waals surface area contributed by atoms with E-state index >= 15 is 0 Å². The molecule has 0 bridgehead atoms. The second kappa shape index (κ2) is 15.8. The molecule has 0 spiro atoms. The molecule has 236 valence electrons. The van der Waals surface area contributed by atoms with Crippen LogP contribution in [0.1, 0.15) is 59.8 Å². The number of nitrogens with zero attached hydrogens (tertiary/aromatic N) is 3. The molecule has 0 aliphatic heterocycles. The van der Waals surface area contributed by atoms with Crippen molar-refractivity contribution in [3.8, 4) is 16.9 Å².